The molecular weight excluding hydrogens is 673 g/mol. The third-order valence-electron chi connectivity index (χ3n) is 12.9. The van der Waals surface area contributed by atoms with Gasteiger partial charge in [0.15, 0.2) is 11.5 Å². The molecule has 7 heteroatoms. The van der Waals surface area contributed by atoms with E-state index in [4.69, 9.17) is 9.47 Å². The first-order valence-corrected chi connectivity index (χ1v) is 21.0. The van der Waals surface area contributed by atoms with Gasteiger partial charge in [-0.1, -0.05) is 105 Å². The quantitative estimate of drug-likeness (QED) is 0.0697. The number of aryl methyl sites for hydroxylation is 2. The summed E-state index contributed by atoms with van der Waals surface area (Å²) in [5.41, 5.74) is 4.88. The van der Waals surface area contributed by atoms with Crippen LogP contribution < -0.4 is 9.47 Å². The molecule has 1 saturated carbocycles. The predicted octanol–water partition coefficient (Wildman–Crippen LogP) is 8.82. The number of rotatable bonds is 19. The standard InChI is InChI=1S/C47H60N2O5/c1-34(50)33-48-31-29-47-39-26-27-40(46(47)54-45-42(53-35(2)51)28-25-38(44(45)47)32-41(39)48)49(30-17-23-37-21-14-10-15-22-37)43(52)24-16-8-6-4-3-5-7-11-18-36-19-12-9-13-20-36/h9-10,12-15,19-22,25,28,39-41,46H,3-8,11,16-18,23-24,26-27,29-33H2,1-2H3/t39-,40-,41+,46-,47-/m0/s1. The van der Waals surface area contributed by atoms with E-state index in [1.54, 1.807) is 6.92 Å². The molecule has 2 bridgehead atoms. The van der Waals surface area contributed by atoms with Crippen molar-refractivity contribution in [3.8, 4) is 11.5 Å². The van der Waals surface area contributed by atoms with Crippen molar-refractivity contribution in [1.29, 1.82) is 0 Å². The van der Waals surface area contributed by atoms with E-state index in [9.17, 15) is 14.4 Å². The molecule has 2 aliphatic carbocycles. The van der Waals surface area contributed by atoms with Crippen LogP contribution in [0.2, 0.25) is 0 Å². The van der Waals surface area contributed by atoms with Crippen molar-refractivity contribution >= 4 is 17.7 Å². The monoisotopic (exact) mass is 732 g/mol. The van der Waals surface area contributed by atoms with Crippen molar-refractivity contribution in [2.45, 2.75) is 140 Å². The van der Waals surface area contributed by atoms with Gasteiger partial charge in [-0.05, 0) is 99.9 Å². The maximum atomic E-state index is 14.4. The first kappa shape index (κ1) is 38.3. The summed E-state index contributed by atoms with van der Waals surface area (Å²) < 4.78 is 12.9. The largest absolute Gasteiger partial charge is 0.483 e. The smallest absolute Gasteiger partial charge is 0.308 e. The van der Waals surface area contributed by atoms with Crippen LogP contribution in [0, 0.1) is 5.92 Å². The van der Waals surface area contributed by atoms with Crippen LogP contribution in [0.5, 0.6) is 11.5 Å². The van der Waals surface area contributed by atoms with E-state index in [2.05, 4.69) is 76.5 Å². The molecule has 2 aliphatic heterocycles. The van der Waals surface area contributed by atoms with Crippen molar-refractivity contribution in [1.82, 2.24) is 9.80 Å². The molecule has 0 unspecified atom stereocenters. The van der Waals surface area contributed by atoms with E-state index < -0.39 is 0 Å². The summed E-state index contributed by atoms with van der Waals surface area (Å²) in [5, 5.41) is 0. The number of benzene rings is 3. The Kier molecular flexibility index (Phi) is 12.5. The van der Waals surface area contributed by atoms with E-state index >= 15 is 0 Å². The number of piperidine rings is 1. The minimum Gasteiger partial charge on any atom is -0.483 e. The maximum Gasteiger partial charge on any atom is 0.308 e. The van der Waals surface area contributed by atoms with Gasteiger partial charge in [0.25, 0.3) is 0 Å². The minimum atomic E-state index is -0.360. The number of ketones is 1. The highest BCUT2D eigenvalue weighted by atomic mass is 16.6. The van der Waals surface area contributed by atoms with Crippen LogP contribution in [0.1, 0.15) is 120 Å². The summed E-state index contributed by atoms with van der Waals surface area (Å²) in [4.78, 5) is 43.7. The number of hydrogen-bond acceptors (Lipinski definition) is 6. The van der Waals surface area contributed by atoms with Crippen molar-refractivity contribution in [3.63, 3.8) is 0 Å². The molecular formula is C47H60N2O5. The molecule has 288 valence electrons. The summed E-state index contributed by atoms with van der Waals surface area (Å²) in [5.74, 6) is 1.59. The van der Waals surface area contributed by atoms with E-state index in [1.807, 2.05) is 6.07 Å². The van der Waals surface area contributed by atoms with E-state index in [1.165, 1.54) is 74.1 Å². The van der Waals surface area contributed by atoms with Gasteiger partial charge in [-0.3, -0.25) is 19.3 Å². The molecule has 0 aromatic heterocycles. The van der Waals surface area contributed by atoms with Crippen molar-refractivity contribution in [2.24, 2.45) is 5.92 Å². The number of unbranched alkanes of at least 4 members (excludes halogenated alkanes) is 7. The Morgan fingerprint density at radius 1 is 0.796 bits per heavy atom. The van der Waals surface area contributed by atoms with Gasteiger partial charge in [-0.25, -0.2) is 0 Å². The lowest BCUT2D eigenvalue weighted by Crippen LogP contribution is -2.69. The van der Waals surface area contributed by atoms with Gasteiger partial charge in [0.2, 0.25) is 5.91 Å². The van der Waals surface area contributed by atoms with Gasteiger partial charge >= 0.3 is 5.97 Å². The van der Waals surface area contributed by atoms with Crippen LogP contribution in [-0.2, 0) is 39.1 Å². The molecule has 1 saturated heterocycles. The number of esters is 1. The highest BCUT2D eigenvalue weighted by Gasteiger charge is 2.66. The molecule has 2 heterocycles. The fraction of sp³-hybridized carbons (Fsp3) is 0.553. The lowest BCUT2D eigenvalue weighted by Gasteiger charge is -2.60. The molecule has 1 amide bonds. The minimum absolute atomic E-state index is 0.0658. The first-order chi connectivity index (χ1) is 26.3. The third-order valence-corrected chi connectivity index (χ3v) is 12.9. The predicted molar refractivity (Wildman–Crippen MR) is 213 cm³/mol. The topological polar surface area (TPSA) is 76.2 Å². The van der Waals surface area contributed by atoms with Gasteiger partial charge in [-0.2, -0.15) is 0 Å². The zero-order valence-corrected chi connectivity index (χ0v) is 32.6. The summed E-state index contributed by atoms with van der Waals surface area (Å²) in [6.07, 6.45) is 16.4. The molecule has 5 atom stereocenters. The Bertz CT molecular complexity index is 1740. The van der Waals surface area contributed by atoms with Gasteiger partial charge in [0.05, 0.1) is 12.6 Å². The number of likely N-dealkylation sites (tertiary alicyclic amines) is 1. The SMILES string of the molecule is CC(=O)CN1CC[C@]23c4c5ccc(OC(C)=O)c4O[C@H]2[C@@H](N(CCCc2ccccc2)C(=O)CCCCCCCCCCc2ccccc2)CC[C@H]3[C@H]1C5. The molecule has 3 aromatic rings. The Morgan fingerprint density at radius 2 is 1.44 bits per heavy atom. The van der Waals surface area contributed by atoms with Crippen LogP contribution in [0.15, 0.2) is 72.8 Å². The van der Waals surface area contributed by atoms with Crippen LogP contribution in [0.3, 0.4) is 0 Å². The fourth-order valence-corrected chi connectivity index (χ4v) is 10.7. The summed E-state index contributed by atoms with van der Waals surface area (Å²) in [6.45, 7) is 5.12. The van der Waals surface area contributed by atoms with Crippen molar-refractivity contribution in [3.05, 3.63) is 95.1 Å². The van der Waals surface area contributed by atoms with E-state index in [0.717, 1.165) is 57.9 Å². The number of Topliss-reactive ketones (excluding diaryl/α,β-unsaturated/α-hetero) is 1. The molecule has 0 N–H and O–H groups in total. The molecule has 54 heavy (non-hydrogen) atoms. The van der Waals surface area contributed by atoms with Crippen LogP contribution in [0.25, 0.3) is 0 Å². The van der Waals surface area contributed by atoms with Crippen LogP contribution in [-0.4, -0.2) is 65.3 Å². The number of ether oxygens (including phenoxy) is 2. The summed E-state index contributed by atoms with van der Waals surface area (Å²) in [7, 11) is 0. The van der Waals surface area contributed by atoms with Crippen LogP contribution in [0.4, 0.5) is 0 Å². The summed E-state index contributed by atoms with van der Waals surface area (Å²) in [6, 6.07) is 25.5. The Balaban J connectivity index is 1.04. The average molecular weight is 733 g/mol. The van der Waals surface area contributed by atoms with Gasteiger partial charge in [0, 0.05) is 36.9 Å². The number of amides is 1. The Labute approximate surface area is 322 Å². The van der Waals surface area contributed by atoms with Gasteiger partial charge in [-0.15, -0.1) is 0 Å². The molecule has 0 radical (unpaired) electrons. The molecule has 7 rings (SSSR count). The second kappa shape index (κ2) is 17.7. The third kappa shape index (κ3) is 8.32. The van der Waals surface area contributed by atoms with E-state index in [0.29, 0.717) is 36.9 Å². The molecule has 2 fully saturated rings. The zero-order valence-electron chi connectivity index (χ0n) is 32.6. The van der Waals surface area contributed by atoms with Crippen molar-refractivity contribution < 1.29 is 23.9 Å². The lowest BCUT2D eigenvalue weighted by atomic mass is 9.51. The van der Waals surface area contributed by atoms with E-state index in [-0.39, 0.29) is 41.3 Å². The number of hydrogen-bond donors (Lipinski definition) is 0. The first-order valence-electron chi connectivity index (χ1n) is 21.0. The Morgan fingerprint density at radius 3 is 2.11 bits per heavy atom. The van der Waals surface area contributed by atoms with Crippen LogP contribution >= 0.6 is 0 Å². The number of nitrogens with zero attached hydrogens (tertiary/aromatic N) is 2. The fourth-order valence-electron chi connectivity index (χ4n) is 10.7. The zero-order chi connectivity index (χ0) is 37.5. The van der Waals surface area contributed by atoms with Gasteiger partial charge < -0.3 is 14.4 Å². The second-order valence-corrected chi connectivity index (χ2v) is 16.5. The van der Waals surface area contributed by atoms with Crippen molar-refractivity contribution in [2.75, 3.05) is 19.6 Å². The Hall–Kier alpha value is -3.97. The molecule has 1 spiro atoms. The lowest BCUT2D eigenvalue weighted by molar-refractivity contribution is -0.143. The molecule has 4 aliphatic rings. The molecule has 3 aromatic carbocycles. The highest BCUT2D eigenvalue weighted by Crippen LogP contribution is 2.64. The molecule has 7 nitrogen and oxygen atoms in total. The average Bonchev–Trinajstić information content (AvgIpc) is 3.52. The number of carbonyl (C=O) groups excluding carboxylic acids is 3. The van der Waals surface area contributed by atoms with Gasteiger partial charge in [0.1, 0.15) is 11.9 Å². The second-order valence-electron chi connectivity index (χ2n) is 16.5. The normalized spacial score (nSPS) is 23.7. The summed E-state index contributed by atoms with van der Waals surface area (Å²) >= 11 is 0. The maximum absolute atomic E-state index is 14.4. The number of carbonyl (C=O) groups is 3. The highest BCUT2D eigenvalue weighted by molar-refractivity contribution is 5.78.